The van der Waals surface area contributed by atoms with Crippen molar-refractivity contribution in [2.24, 2.45) is 7.05 Å². The number of nitrogens with one attached hydrogen (secondary N) is 1. The minimum Gasteiger partial charge on any atom is -0.466 e. The Morgan fingerprint density at radius 2 is 2.17 bits per heavy atom. The summed E-state index contributed by atoms with van der Waals surface area (Å²) in [5.74, 6) is -0.118. The van der Waals surface area contributed by atoms with Gasteiger partial charge in [-0.2, -0.15) is 5.10 Å². The molecular formula is C13H23N3O2. The monoisotopic (exact) mass is 253 g/mol. The number of hydrogen-bond acceptors (Lipinski definition) is 4. The number of carbonyl (C=O) groups is 1. The molecule has 0 saturated heterocycles. The van der Waals surface area contributed by atoms with Crippen molar-refractivity contribution in [2.45, 2.75) is 40.2 Å². The van der Waals surface area contributed by atoms with Crippen molar-refractivity contribution in [3.63, 3.8) is 0 Å². The molecule has 1 heterocycles. The maximum Gasteiger partial charge on any atom is 0.305 e. The third-order valence-electron chi connectivity index (χ3n) is 3.00. The third kappa shape index (κ3) is 4.14. The molecule has 1 rings (SSSR count). The van der Waals surface area contributed by atoms with Gasteiger partial charge in [0.15, 0.2) is 0 Å². The Bertz CT molecular complexity index is 399. The minimum absolute atomic E-state index is 0.118. The Morgan fingerprint density at radius 1 is 1.44 bits per heavy atom. The zero-order valence-corrected chi connectivity index (χ0v) is 11.7. The van der Waals surface area contributed by atoms with Crippen LogP contribution >= 0.6 is 0 Å². The number of nitrogens with zero attached hydrogens (tertiary/aromatic N) is 2. The second-order valence-corrected chi connectivity index (χ2v) is 4.36. The molecule has 0 aliphatic rings. The highest BCUT2D eigenvalue weighted by Gasteiger charge is 2.08. The average Bonchev–Trinajstić information content (AvgIpc) is 2.55. The summed E-state index contributed by atoms with van der Waals surface area (Å²) in [6, 6.07) is 0. The fraction of sp³-hybridized carbons (Fsp3) is 0.692. The van der Waals surface area contributed by atoms with Crippen LogP contribution in [0.15, 0.2) is 0 Å². The summed E-state index contributed by atoms with van der Waals surface area (Å²) in [4.78, 5) is 11.1. The maximum atomic E-state index is 11.1. The van der Waals surface area contributed by atoms with Crippen LogP contribution in [0.3, 0.4) is 0 Å². The smallest absolute Gasteiger partial charge is 0.305 e. The van der Waals surface area contributed by atoms with Gasteiger partial charge in [0.05, 0.1) is 12.3 Å². The molecule has 102 valence electrons. The van der Waals surface area contributed by atoms with E-state index in [2.05, 4.69) is 17.3 Å². The van der Waals surface area contributed by atoms with Crippen LogP contribution in [-0.2, 0) is 23.1 Å². The number of hydrogen-bond donors (Lipinski definition) is 1. The zero-order valence-electron chi connectivity index (χ0n) is 11.7. The van der Waals surface area contributed by atoms with E-state index in [1.807, 2.05) is 25.6 Å². The Hall–Kier alpha value is -1.36. The third-order valence-corrected chi connectivity index (χ3v) is 3.00. The number of aromatic nitrogens is 2. The van der Waals surface area contributed by atoms with E-state index in [9.17, 15) is 4.79 Å². The van der Waals surface area contributed by atoms with Crippen molar-refractivity contribution in [1.29, 1.82) is 0 Å². The first-order valence-corrected chi connectivity index (χ1v) is 6.41. The molecule has 0 aliphatic heterocycles. The molecular weight excluding hydrogens is 230 g/mol. The fourth-order valence-corrected chi connectivity index (χ4v) is 1.88. The lowest BCUT2D eigenvalue weighted by atomic mass is 10.2. The van der Waals surface area contributed by atoms with E-state index in [-0.39, 0.29) is 5.97 Å². The van der Waals surface area contributed by atoms with E-state index in [0.29, 0.717) is 13.0 Å². The molecule has 0 unspecified atom stereocenters. The van der Waals surface area contributed by atoms with Crippen molar-refractivity contribution < 1.29 is 9.53 Å². The van der Waals surface area contributed by atoms with Crippen molar-refractivity contribution in [3.8, 4) is 0 Å². The molecule has 0 atom stereocenters. The molecule has 0 aromatic carbocycles. The zero-order chi connectivity index (χ0) is 13.5. The van der Waals surface area contributed by atoms with Gasteiger partial charge in [0.1, 0.15) is 0 Å². The maximum absolute atomic E-state index is 11.1. The van der Waals surface area contributed by atoms with Crippen molar-refractivity contribution in [3.05, 3.63) is 17.0 Å². The highest BCUT2D eigenvalue weighted by molar-refractivity contribution is 5.69. The van der Waals surface area contributed by atoms with Crippen LogP contribution in [0, 0.1) is 13.8 Å². The summed E-state index contributed by atoms with van der Waals surface area (Å²) >= 11 is 0. The number of aryl methyl sites for hydroxylation is 2. The van der Waals surface area contributed by atoms with Gasteiger partial charge in [0, 0.05) is 31.3 Å². The van der Waals surface area contributed by atoms with Crippen molar-refractivity contribution in [1.82, 2.24) is 15.1 Å². The molecule has 0 fully saturated rings. The lowest BCUT2D eigenvalue weighted by Gasteiger charge is -2.05. The van der Waals surface area contributed by atoms with Crippen LogP contribution in [0.4, 0.5) is 0 Å². The van der Waals surface area contributed by atoms with Crippen LogP contribution in [0.1, 0.15) is 36.7 Å². The Balaban J connectivity index is 2.24. The van der Waals surface area contributed by atoms with Crippen LogP contribution in [0.25, 0.3) is 0 Å². The summed E-state index contributed by atoms with van der Waals surface area (Å²) < 4.78 is 6.76. The Morgan fingerprint density at radius 3 is 2.72 bits per heavy atom. The van der Waals surface area contributed by atoms with E-state index in [4.69, 9.17) is 4.74 Å². The van der Waals surface area contributed by atoms with E-state index in [1.165, 1.54) is 11.3 Å². The standard InChI is InChI=1S/C13H23N3O2/c1-5-18-13(17)7-6-8-14-9-12-10(2)15-16(4)11(12)3/h14H,5-9H2,1-4H3. The molecule has 0 amide bonds. The number of carbonyl (C=O) groups excluding carboxylic acids is 1. The first-order valence-electron chi connectivity index (χ1n) is 6.41. The molecule has 18 heavy (non-hydrogen) atoms. The Labute approximate surface area is 109 Å². The molecule has 5 heteroatoms. The summed E-state index contributed by atoms with van der Waals surface area (Å²) in [5.41, 5.74) is 3.49. The van der Waals surface area contributed by atoms with Gasteiger partial charge in [-0.15, -0.1) is 0 Å². The normalized spacial score (nSPS) is 10.7. The largest absolute Gasteiger partial charge is 0.466 e. The summed E-state index contributed by atoms with van der Waals surface area (Å²) in [7, 11) is 1.95. The number of ether oxygens (including phenoxy) is 1. The quantitative estimate of drug-likeness (QED) is 0.590. The van der Waals surface area contributed by atoms with Crippen molar-refractivity contribution >= 4 is 5.97 Å². The predicted molar refractivity (Wildman–Crippen MR) is 70.3 cm³/mol. The summed E-state index contributed by atoms with van der Waals surface area (Å²) in [6.45, 7) is 7.98. The van der Waals surface area contributed by atoms with E-state index >= 15 is 0 Å². The van der Waals surface area contributed by atoms with E-state index in [0.717, 1.165) is 25.2 Å². The molecule has 0 saturated carbocycles. The first-order chi connectivity index (χ1) is 8.56. The van der Waals surface area contributed by atoms with Crippen LogP contribution in [0.2, 0.25) is 0 Å². The molecule has 0 bridgehead atoms. The van der Waals surface area contributed by atoms with Crippen molar-refractivity contribution in [2.75, 3.05) is 13.2 Å². The van der Waals surface area contributed by atoms with Gasteiger partial charge in [-0.1, -0.05) is 0 Å². The lowest BCUT2D eigenvalue weighted by Crippen LogP contribution is -2.17. The second-order valence-electron chi connectivity index (χ2n) is 4.36. The predicted octanol–water partition coefficient (Wildman–Crippen LogP) is 1.47. The van der Waals surface area contributed by atoms with Gasteiger partial charge in [-0.3, -0.25) is 9.48 Å². The molecule has 0 radical (unpaired) electrons. The van der Waals surface area contributed by atoms with Crippen LogP contribution < -0.4 is 5.32 Å². The van der Waals surface area contributed by atoms with Crippen LogP contribution in [0.5, 0.6) is 0 Å². The molecule has 0 spiro atoms. The summed E-state index contributed by atoms with van der Waals surface area (Å²) in [5, 5.41) is 7.70. The number of rotatable bonds is 7. The lowest BCUT2D eigenvalue weighted by molar-refractivity contribution is -0.143. The molecule has 5 nitrogen and oxygen atoms in total. The molecule has 1 aromatic rings. The van der Waals surface area contributed by atoms with Gasteiger partial charge in [0.25, 0.3) is 0 Å². The van der Waals surface area contributed by atoms with Gasteiger partial charge in [-0.05, 0) is 33.7 Å². The van der Waals surface area contributed by atoms with Gasteiger partial charge in [-0.25, -0.2) is 0 Å². The summed E-state index contributed by atoms with van der Waals surface area (Å²) in [6.07, 6.45) is 1.28. The second kappa shape index (κ2) is 7.16. The minimum atomic E-state index is -0.118. The first kappa shape index (κ1) is 14.7. The number of esters is 1. The Kier molecular flexibility index (Phi) is 5.85. The SMILES string of the molecule is CCOC(=O)CCCNCc1c(C)nn(C)c1C. The fourth-order valence-electron chi connectivity index (χ4n) is 1.88. The van der Waals surface area contributed by atoms with Gasteiger partial charge in [0.2, 0.25) is 0 Å². The molecule has 1 aromatic heterocycles. The molecule has 1 N–H and O–H groups in total. The van der Waals surface area contributed by atoms with E-state index < -0.39 is 0 Å². The van der Waals surface area contributed by atoms with E-state index in [1.54, 1.807) is 0 Å². The highest BCUT2D eigenvalue weighted by Crippen LogP contribution is 2.11. The van der Waals surface area contributed by atoms with Crippen LogP contribution in [-0.4, -0.2) is 28.9 Å². The van der Waals surface area contributed by atoms with Gasteiger partial charge >= 0.3 is 5.97 Å². The topological polar surface area (TPSA) is 56.1 Å². The van der Waals surface area contributed by atoms with Gasteiger partial charge < -0.3 is 10.1 Å². The highest BCUT2D eigenvalue weighted by atomic mass is 16.5. The average molecular weight is 253 g/mol. The molecule has 0 aliphatic carbocycles.